The van der Waals surface area contributed by atoms with E-state index in [2.05, 4.69) is 100 Å². The van der Waals surface area contributed by atoms with Gasteiger partial charge in [0.05, 0.1) is 0 Å². The molecular weight excluding hydrogens is 393 g/mol. The van der Waals surface area contributed by atoms with E-state index >= 15 is 0 Å². The minimum absolute atomic E-state index is 0. The Morgan fingerprint density at radius 1 is 0.667 bits per heavy atom. The van der Waals surface area contributed by atoms with Crippen LogP contribution in [0, 0.1) is 0 Å². The summed E-state index contributed by atoms with van der Waals surface area (Å²) in [6.45, 7) is 32.2. The summed E-state index contributed by atoms with van der Waals surface area (Å²) in [7, 11) is -1.35. The van der Waals surface area contributed by atoms with Crippen molar-refractivity contribution in [2.24, 2.45) is 0 Å². The molecule has 0 amide bonds. The fraction of sp³-hybridized carbons (Fsp3) is 1.00. The second-order valence-corrected chi connectivity index (χ2v) is 14.9. The van der Waals surface area contributed by atoms with Crippen LogP contribution in [0.1, 0.15) is 90.0 Å². The zero-order valence-electron chi connectivity index (χ0n) is 20.9. The summed E-state index contributed by atoms with van der Waals surface area (Å²) in [6.07, 6.45) is 0. The van der Waals surface area contributed by atoms with Crippen LogP contribution < -0.4 is 0 Å². The molecular formula is C22H51CoN3Si+. The standard InChI is InChI=1S/C14H33N2Si.C8H18N.Co/c1-8-16(9-2)13-14(6,7)15-17(10-3,11-4)12-5;1-7(2,3)9-8(4,5)6;/h8-13H2,1-7H3;1-6H3;/q2*-1;+3. The first kappa shape index (κ1) is 32.3. The van der Waals surface area contributed by atoms with Gasteiger partial charge in [-0.15, -0.1) is 16.6 Å². The van der Waals surface area contributed by atoms with Crippen molar-refractivity contribution in [1.82, 2.24) is 4.90 Å². The van der Waals surface area contributed by atoms with Crippen LogP contribution in [0.4, 0.5) is 0 Å². The van der Waals surface area contributed by atoms with Crippen LogP contribution in [0.5, 0.6) is 0 Å². The molecule has 0 spiro atoms. The molecule has 27 heavy (non-hydrogen) atoms. The fourth-order valence-electron chi connectivity index (χ4n) is 3.67. The van der Waals surface area contributed by atoms with Crippen molar-refractivity contribution in [3.05, 3.63) is 10.3 Å². The molecule has 0 aromatic rings. The van der Waals surface area contributed by atoms with Crippen LogP contribution in [0.2, 0.25) is 18.1 Å². The van der Waals surface area contributed by atoms with Gasteiger partial charge in [0, 0.05) is 0 Å². The summed E-state index contributed by atoms with van der Waals surface area (Å²) in [5.41, 5.74) is 0.344. The fourth-order valence-corrected chi connectivity index (χ4v) is 6.99. The average molecular weight is 445 g/mol. The SMILES string of the molecule is CC(C)(C)[N-]C(C)(C)C.CCN(CC)CC(C)(C)[N-][Si](CC)(CC)CC.[Co+3]. The van der Waals surface area contributed by atoms with Gasteiger partial charge in [-0.25, -0.2) is 0 Å². The average Bonchev–Trinajstić information content (AvgIpc) is 2.47. The van der Waals surface area contributed by atoms with E-state index in [4.69, 9.17) is 4.98 Å². The molecule has 0 aliphatic rings. The molecule has 0 atom stereocenters. The zero-order valence-corrected chi connectivity index (χ0v) is 23.0. The van der Waals surface area contributed by atoms with Crippen molar-refractivity contribution in [3.8, 4) is 0 Å². The normalized spacial score (nSPS) is 13.1. The topological polar surface area (TPSA) is 31.4 Å². The molecule has 0 aromatic carbocycles. The Hall–Kier alpha value is 0.603. The first-order chi connectivity index (χ1) is 11.6. The molecule has 0 saturated heterocycles. The first-order valence-corrected chi connectivity index (χ1v) is 13.4. The molecule has 0 unspecified atom stereocenters. The molecule has 5 heteroatoms. The van der Waals surface area contributed by atoms with Gasteiger partial charge in [0.2, 0.25) is 0 Å². The smallest absolute Gasteiger partial charge is 0.658 e. The maximum absolute atomic E-state index is 5.33. The number of likely N-dealkylation sites (N-methyl/N-ethyl adjacent to an activating group) is 1. The van der Waals surface area contributed by atoms with Crippen LogP contribution in [-0.4, -0.2) is 49.4 Å². The molecule has 166 valence electrons. The van der Waals surface area contributed by atoms with Gasteiger partial charge in [-0.05, 0) is 19.6 Å². The summed E-state index contributed by atoms with van der Waals surface area (Å²) in [5.74, 6) is 0. The van der Waals surface area contributed by atoms with Gasteiger partial charge in [0.15, 0.2) is 0 Å². The van der Waals surface area contributed by atoms with E-state index in [0.29, 0.717) is 0 Å². The van der Waals surface area contributed by atoms with Gasteiger partial charge >= 0.3 is 16.8 Å². The molecule has 0 N–H and O–H groups in total. The van der Waals surface area contributed by atoms with E-state index in [9.17, 15) is 0 Å². The van der Waals surface area contributed by atoms with Crippen molar-refractivity contribution in [2.45, 2.75) is 125 Å². The molecule has 0 aliphatic carbocycles. The van der Waals surface area contributed by atoms with Gasteiger partial charge in [-0.3, -0.25) is 0 Å². The third-order valence-corrected chi connectivity index (χ3v) is 9.72. The van der Waals surface area contributed by atoms with Gasteiger partial charge in [-0.2, -0.15) is 0 Å². The zero-order chi connectivity index (χ0) is 21.2. The molecule has 0 aliphatic heterocycles. The molecule has 0 saturated carbocycles. The van der Waals surface area contributed by atoms with E-state index < -0.39 is 8.24 Å². The van der Waals surface area contributed by atoms with Crippen molar-refractivity contribution < 1.29 is 16.8 Å². The van der Waals surface area contributed by atoms with Crippen LogP contribution in [-0.2, 0) is 16.8 Å². The number of nitrogens with zero attached hydrogens (tertiary/aromatic N) is 3. The third-order valence-electron chi connectivity index (χ3n) is 4.69. The van der Waals surface area contributed by atoms with Gasteiger partial charge in [0.1, 0.15) is 0 Å². The Balaban J connectivity index is -0.000000491. The predicted molar refractivity (Wildman–Crippen MR) is 125 cm³/mol. The molecule has 0 aromatic heterocycles. The van der Waals surface area contributed by atoms with Crippen molar-refractivity contribution in [3.63, 3.8) is 0 Å². The summed E-state index contributed by atoms with van der Waals surface area (Å²) in [5, 5.41) is 4.54. The first-order valence-electron chi connectivity index (χ1n) is 10.8. The second-order valence-electron chi connectivity index (χ2n) is 10.1. The molecule has 0 bridgehead atoms. The largest absolute Gasteiger partial charge is 3.00 e. The van der Waals surface area contributed by atoms with Crippen molar-refractivity contribution >= 4 is 8.24 Å². The summed E-state index contributed by atoms with van der Waals surface area (Å²) >= 11 is 0. The van der Waals surface area contributed by atoms with Crippen molar-refractivity contribution in [2.75, 3.05) is 19.6 Å². The molecule has 0 heterocycles. The minimum Gasteiger partial charge on any atom is -0.658 e. The van der Waals surface area contributed by atoms with E-state index in [0.717, 1.165) is 19.6 Å². The molecule has 0 fully saturated rings. The van der Waals surface area contributed by atoms with Gasteiger partial charge in [0.25, 0.3) is 0 Å². The summed E-state index contributed by atoms with van der Waals surface area (Å²) in [6, 6.07) is 3.88. The minimum atomic E-state index is -1.35. The van der Waals surface area contributed by atoms with E-state index in [1.807, 2.05) is 0 Å². The summed E-state index contributed by atoms with van der Waals surface area (Å²) < 4.78 is 0. The Morgan fingerprint density at radius 3 is 1.19 bits per heavy atom. The Morgan fingerprint density at radius 2 is 1.00 bits per heavy atom. The Kier molecular flexibility index (Phi) is 16.4. The Labute approximate surface area is 184 Å². The van der Waals surface area contributed by atoms with Crippen molar-refractivity contribution in [1.29, 1.82) is 0 Å². The van der Waals surface area contributed by atoms with E-state index in [1.54, 1.807) is 0 Å². The molecule has 0 rings (SSSR count). The maximum Gasteiger partial charge on any atom is 3.00 e. The molecule has 0 radical (unpaired) electrons. The summed E-state index contributed by atoms with van der Waals surface area (Å²) in [4.78, 5) is 7.82. The number of rotatable bonds is 9. The van der Waals surface area contributed by atoms with Crippen LogP contribution in [0.15, 0.2) is 0 Å². The van der Waals surface area contributed by atoms with Crippen LogP contribution in [0.3, 0.4) is 0 Å². The monoisotopic (exact) mass is 444 g/mol. The predicted octanol–water partition coefficient (Wildman–Crippen LogP) is 7.44. The van der Waals surface area contributed by atoms with Crippen LogP contribution in [0.25, 0.3) is 10.3 Å². The van der Waals surface area contributed by atoms with E-state index in [1.165, 1.54) is 18.1 Å². The second kappa shape index (κ2) is 13.8. The number of hydrogen-bond donors (Lipinski definition) is 0. The Bertz CT molecular complexity index is 331. The van der Waals surface area contributed by atoms with E-state index in [-0.39, 0.29) is 33.4 Å². The van der Waals surface area contributed by atoms with Gasteiger partial charge in [-0.1, -0.05) is 116 Å². The molecule has 3 nitrogen and oxygen atoms in total. The van der Waals surface area contributed by atoms with Gasteiger partial charge < -0.3 is 15.2 Å². The third kappa shape index (κ3) is 17.2. The quantitative estimate of drug-likeness (QED) is 0.340. The maximum atomic E-state index is 5.33. The van der Waals surface area contributed by atoms with Crippen LogP contribution >= 0.6 is 0 Å². The number of hydrogen-bond acceptors (Lipinski definition) is 1.